The van der Waals surface area contributed by atoms with E-state index in [1.807, 2.05) is 37.3 Å². The van der Waals surface area contributed by atoms with Gasteiger partial charge in [0.15, 0.2) is 5.82 Å². The second-order valence-corrected chi connectivity index (χ2v) is 5.46. The number of aryl methyl sites for hydroxylation is 1. The first kappa shape index (κ1) is 13.5. The summed E-state index contributed by atoms with van der Waals surface area (Å²) in [5.74, 6) is 1.54. The van der Waals surface area contributed by atoms with Gasteiger partial charge >= 0.3 is 0 Å². The number of rotatable bonds is 2. The Balaban J connectivity index is 2.24. The van der Waals surface area contributed by atoms with Crippen molar-refractivity contribution < 1.29 is 0 Å². The van der Waals surface area contributed by atoms with E-state index < -0.39 is 0 Å². The molecule has 1 aromatic carbocycles. The molecule has 0 amide bonds. The number of nitrogens with zero attached hydrogens (tertiary/aromatic N) is 3. The first-order valence-electron chi connectivity index (χ1n) is 7.06. The van der Waals surface area contributed by atoms with E-state index in [2.05, 4.69) is 28.8 Å². The Labute approximate surface area is 124 Å². The van der Waals surface area contributed by atoms with Crippen LogP contribution in [0.3, 0.4) is 0 Å². The van der Waals surface area contributed by atoms with Crippen molar-refractivity contribution >= 4 is 16.7 Å². The topological polar surface area (TPSA) is 64.7 Å². The van der Waals surface area contributed by atoms with Crippen LogP contribution in [0.25, 0.3) is 22.3 Å². The molecule has 4 heteroatoms. The van der Waals surface area contributed by atoms with Gasteiger partial charge in [0.25, 0.3) is 0 Å². The lowest BCUT2D eigenvalue weighted by molar-refractivity contribution is 0.836. The van der Waals surface area contributed by atoms with Crippen LogP contribution in [-0.4, -0.2) is 15.0 Å². The highest BCUT2D eigenvalue weighted by Crippen LogP contribution is 2.29. The lowest BCUT2D eigenvalue weighted by atomic mass is 10.0. The third-order valence-electron chi connectivity index (χ3n) is 3.63. The maximum atomic E-state index is 6.14. The van der Waals surface area contributed by atoms with Gasteiger partial charge in [0, 0.05) is 28.4 Å². The molecule has 0 aliphatic rings. The molecule has 0 unspecified atom stereocenters. The van der Waals surface area contributed by atoms with Gasteiger partial charge in [-0.15, -0.1) is 0 Å². The number of nitrogen functional groups attached to an aromatic ring is 1. The Hall–Kier alpha value is -2.49. The summed E-state index contributed by atoms with van der Waals surface area (Å²) in [4.78, 5) is 13.5. The van der Waals surface area contributed by atoms with E-state index in [9.17, 15) is 0 Å². The summed E-state index contributed by atoms with van der Waals surface area (Å²) in [5, 5.41) is 1.04. The van der Waals surface area contributed by atoms with Gasteiger partial charge in [0.2, 0.25) is 0 Å². The number of nitrogens with two attached hydrogens (primary N) is 1. The molecule has 106 valence electrons. The molecule has 2 heterocycles. The van der Waals surface area contributed by atoms with Crippen LogP contribution in [0.1, 0.15) is 31.0 Å². The third kappa shape index (κ3) is 2.33. The number of anilines is 1. The minimum atomic E-state index is 0.313. The minimum Gasteiger partial charge on any atom is -0.383 e. The van der Waals surface area contributed by atoms with Gasteiger partial charge in [-0.2, -0.15) is 0 Å². The van der Waals surface area contributed by atoms with E-state index >= 15 is 0 Å². The molecule has 2 N–H and O–H groups in total. The lowest BCUT2D eigenvalue weighted by Gasteiger charge is -2.14. The van der Waals surface area contributed by atoms with Gasteiger partial charge in [0.1, 0.15) is 5.82 Å². The summed E-state index contributed by atoms with van der Waals surface area (Å²) >= 11 is 0. The number of hydrogen-bond donors (Lipinski definition) is 1. The molecule has 3 rings (SSSR count). The molecule has 4 nitrogen and oxygen atoms in total. The zero-order chi connectivity index (χ0) is 15.0. The Morgan fingerprint density at radius 3 is 2.52 bits per heavy atom. The quantitative estimate of drug-likeness (QED) is 0.776. The molecule has 0 atom stereocenters. The Bertz CT molecular complexity index is 780. The molecule has 21 heavy (non-hydrogen) atoms. The van der Waals surface area contributed by atoms with Crippen LogP contribution in [0.2, 0.25) is 0 Å². The molecule has 0 fully saturated rings. The summed E-state index contributed by atoms with van der Waals surface area (Å²) in [6.07, 6.45) is 1.78. The van der Waals surface area contributed by atoms with Crippen molar-refractivity contribution in [1.29, 1.82) is 0 Å². The summed E-state index contributed by atoms with van der Waals surface area (Å²) in [6, 6.07) is 9.92. The zero-order valence-electron chi connectivity index (χ0n) is 12.5. The number of para-hydroxylation sites is 1. The summed E-state index contributed by atoms with van der Waals surface area (Å²) in [5.41, 5.74) is 10.00. The Morgan fingerprint density at radius 1 is 1.05 bits per heavy atom. The van der Waals surface area contributed by atoms with Crippen molar-refractivity contribution in [1.82, 2.24) is 15.0 Å². The highest BCUT2D eigenvalue weighted by Gasteiger charge is 2.14. The predicted octanol–water partition coefficient (Wildman–Crippen LogP) is 3.71. The normalized spacial score (nSPS) is 11.2. The molecule has 3 aromatic rings. The van der Waals surface area contributed by atoms with Crippen molar-refractivity contribution in [2.24, 2.45) is 0 Å². The van der Waals surface area contributed by atoms with E-state index in [-0.39, 0.29) is 0 Å². The van der Waals surface area contributed by atoms with Crippen molar-refractivity contribution in [3.8, 4) is 11.4 Å². The van der Waals surface area contributed by atoms with Crippen molar-refractivity contribution in [3.63, 3.8) is 0 Å². The van der Waals surface area contributed by atoms with E-state index in [1.165, 1.54) is 0 Å². The molecular formula is C17H18N4. The fourth-order valence-electron chi connectivity index (χ4n) is 2.73. The maximum Gasteiger partial charge on any atom is 0.162 e. The van der Waals surface area contributed by atoms with E-state index in [0.29, 0.717) is 17.6 Å². The molecule has 2 aromatic heterocycles. The molecule has 0 radical (unpaired) electrons. The van der Waals surface area contributed by atoms with Crippen molar-refractivity contribution in [3.05, 3.63) is 47.8 Å². The van der Waals surface area contributed by atoms with Crippen LogP contribution in [-0.2, 0) is 0 Å². The molecule has 0 bridgehead atoms. The molecule has 0 spiro atoms. The monoisotopic (exact) mass is 278 g/mol. The van der Waals surface area contributed by atoms with Crippen LogP contribution < -0.4 is 5.73 Å². The van der Waals surface area contributed by atoms with Crippen molar-refractivity contribution in [2.45, 2.75) is 26.7 Å². The highest BCUT2D eigenvalue weighted by molar-refractivity contribution is 5.92. The number of fused-ring (bicyclic) bond motifs is 1. The maximum absolute atomic E-state index is 6.14. The first-order chi connectivity index (χ1) is 10.1. The zero-order valence-corrected chi connectivity index (χ0v) is 12.5. The van der Waals surface area contributed by atoms with Crippen LogP contribution in [0.5, 0.6) is 0 Å². The van der Waals surface area contributed by atoms with E-state index in [4.69, 9.17) is 5.73 Å². The van der Waals surface area contributed by atoms with E-state index in [1.54, 1.807) is 6.20 Å². The third-order valence-corrected chi connectivity index (χ3v) is 3.63. The molecule has 0 aliphatic heterocycles. The largest absolute Gasteiger partial charge is 0.383 e. The SMILES string of the molecule is Cc1nc(-c2ccnc3ccccc23)nc(N)c1C(C)C. The summed E-state index contributed by atoms with van der Waals surface area (Å²) in [6.45, 7) is 6.19. The summed E-state index contributed by atoms with van der Waals surface area (Å²) in [7, 11) is 0. The number of hydrogen-bond acceptors (Lipinski definition) is 4. The predicted molar refractivity (Wildman–Crippen MR) is 86.0 cm³/mol. The fraction of sp³-hybridized carbons (Fsp3) is 0.235. The highest BCUT2D eigenvalue weighted by atomic mass is 15.0. The average Bonchev–Trinajstić information content (AvgIpc) is 2.45. The molecular weight excluding hydrogens is 260 g/mol. The number of aromatic nitrogens is 3. The molecule has 0 aliphatic carbocycles. The molecule has 0 saturated carbocycles. The Kier molecular flexibility index (Phi) is 3.29. The van der Waals surface area contributed by atoms with Crippen LogP contribution in [0, 0.1) is 6.92 Å². The van der Waals surface area contributed by atoms with Gasteiger partial charge in [-0.1, -0.05) is 32.0 Å². The average molecular weight is 278 g/mol. The lowest BCUT2D eigenvalue weighted by Crippen LogP contribution is -2.06. The minimum absolute atomic E-state index is 0.313. The second-order valence-electron chi connectivity index (χ2n) is 5.46. The number of pyridine rings is 1. The first-order valence-corrected chi connectivity index (χ1v) is 7.06. The molecule has 0 saturated heterocycles. The van der Waals surface area contributed by atoms with E-state index in [0.717, 1.165) is 27.7 Å². The van der Waals surface area contributed by atoms with Crippen LogP contribution in [0.15, 0.2) is 36.5 Å². The van der Waals surface area contributed by atoms with Gasteiger partial charge in [0.05, 0.1) is 5.52 Å². The van der Waals surface area contributed by atoms with Gasteiger partial charge in [-0.25, -0.2) is 9.97 Å². The van der Waals surface area contributed by atoms with Crippen LogP contribution in [0.4, 0.5) is 5.82 Å². The fourth-order valence-corrected chi connectivity index (χ4v) is 2.73. The smallest absolute Gasteiger partial charge is 0.162 e. The van der Waals surface area contributed by atoms with Gasteiger partial charge in [-0.05, 0) is 25.0 Å². The second kappa shape index (κ2) is 5.13. The van der Waals surface area contributed by atoms with Gasteiger partial charge < -0.3 is 5.73 Å². The van der Waals surface area contributed by atoms with Crippen molar-refractivity contribution in [2.75, 3.05) is 5.73 Å². The standard InChI is InChI=1S/C17H18N4/c1-10(2)15-11(3)20-17(21-16(15)18)13-8-9-19-14-7-5-4-6-12(13)14/h4-10H,1-3H3,(H2,18,20,21). The van der Waals surface area contributed by atoms with Crippen LogP contribution >= 0.6 is 0 Å². The Morgan fingerprint density at radius 2 is 1.81 bits per heavy atom. The summed E-state index contributed by atoms with van der Waals surface area (Å²) < 4.78 is 0. The van der Waals surface area contributed by atoms with Gasteiger partial charge in [-0.3, -0.25) is 4.98 Å². The number of benzene rings is 1.